The fraction of sp³-hybridized carbons (Fsp3) is 0.417. The zero-order valence-electron chi connectivity index (χ0n) is 9.04. The molecule has 3 heteroatoms. The second kappa shape index (κ2) is 3.57. The zero-order valence-corrected chi connectivity index (χ0v) is 9.04. The molecule has 1 N–H and O–H groups in total. The summed E-state index contributed by atoms with van der Waals surface area (Å²) in [7, 11) is 1.57. The maximum absolute atomic E-state index is 11.9. The third kappa shape index (κ3) is 2.12. The standard InChI is InChI=1S/C12H15NO2/c1-12(7-8-12)13-11(14)9-5-3-4-6-10(9)15-2/h3-6H,7-8H2,1-2H3,(H,13,14). The van der Waals surface area contributed by atoms with Crippen molar-refractivity contribution >= 4 is 5.91 Å². The van der Waals surface area contributed by atoms with Crippen LogP contribution in [0.25, 0.3) is 0 Å². The van der Waals surface area contributed by atoms with Crippen molar-refractivity contribution in [1.29, 1.82) is 0 Å². The summed E-state index contributed by atoms with van der Waals surface area (Å²) in [4.78, 5) is 11.9. The Morgan fingerprint density at radius 2 is 2.07 bits per heavy atom. The lowest BCUT2D eigenvalue weighted by atomic mass is 10.1. The smallest absolute Gasteiger partial charge is 0.255 e. The third-order valence-electron chi connectivity index (χ3n) is 2.77. The van der Waals surface area contributed by atoms with E-state index in [1.54, 1.807) is 19.2 Å². The van der Waals surface area contributed by atoms with Gasteiger partial charge in [-0.2, -0.15) is 0 Å². The molecule has 1 aliphatic rings. The molecule has 0 saturated heterocycles. The Balaban J connectivity index is 2.17. The van der Waals surface area contributed by atoms with Crippen LogP contribution in [0.4, 0.5) is 0 Å². The Labute approximate surface area is 89.4 Å². The number of para-hydroxylation sites is 1. The van der Waals surface area contributed by atoms with E-state index < -0.39 is 0 Å². The molecular formula is C12H15NO2. The van der Waals surface area contributed by atoms with E-state index >= 15 is 0 Å². The molecule has 0 aliphatic heterocycles. The van der Waals surface area contributed by atoms with Crippen LogP contribution in [0.3, 0.4) is 0 Å². The molecule has 1 amide bonds. The number of carbonyl (C=O) groups is 1. The van der Waals surface area contributed by atoms with E-state index in [-0.39, 0.29) is 11.4 Å². The van der Waals surface area contributed by atoms with E-state index in [2.05, 4.69) is 12.2 Å². The Kier molecular flexibility index (Phi) is 2.39. The molecular weight excluding hydrogens is 190 g/mol. The highest BCUT2D eigenvalue weighted by atomic mass is 16.5. The first-order chi connectivity index (χ1) is 7.14. The van der Waals surface area contributed by atoms with Gasteiger partial charge in [0.1, 0.15) is 5.75 Å². The van der Waals surface area contributed by atoms with Crippen molar-refractivity contribution in [3.05, 3.63) is 29.8 Å². The average molecular weight is 205 g/mol. The summed E-state index contributed by atoms with van der Waals surface area (Å²) < 4.78 is 5.14. The number of carbonyl (C=O) groups excluding carboxylic acids is 1. The number of ether oxygens (including phenoxy) is 1. The molecule has 0 spiro atoms. The van der Waals surface area contributed by atoms with Crippen LogP contribution in [0.1, 0.15) is 30.1 Å². The van der Waals surface area contributed by atoms with Gasteiger partial charge in [0.2, 0.25) is 0 Å². The highest BCUT2D eigenvalue weighted by molar-refractivity contribution is 5.97. The predicted molar refractivity (Wildman–Crippen MR) is 58.1 cm³/mol. The maximum atomic E-state index is 11.9. The van der Waals surface area contributed by atoms with Crippen LogP contribution in [-0.4, -0.2) is 18.6 Å². The Morgan fingerprint density at radius 3 is 2.67 bits per heavy atom. The summed E-state index contributed by atoms with van der Waals surface area (Å²) in [5.41, 5.74) is 0.617. The molecule has 1 aromatic rings. The highest BCUT2D eigenvalue weighted by Crippen LogP contribution is 2.35. The number of nitrogens with one attached hydrogen (secondary N) is 1. The predicted octanol–water partition coefficient (Wildman–Crippen LogP) is 1.98. The molecule has 0 unspecified atom stereocenters. The highest BCUT2D eigenvalue weighted by Gasteiger charge is 2.39. The van der Waals surface area contributed by atoms with Crippen LogP contribution >= 0.6 is 0 Å². The van der Waals surface area contributed by atoms with Crippen LogP contribution < -0.4 is 10.1 Å². The normalized spacial score (nSPS) is 16.9. The Bertz CT molecular complexity index is 383. The van der Waals surface area contributed by atoms with Gasteiger partial charge in [-0.25, -0.2) is 0 Å². The number of hydrogen-bond donors (Lipinski definition) is 1. The van der Waals surface area contributed by atoms with E-state index in [1.807, 2.05) is 12.1 Å². The average Bonchev–Trinajstić information content (AvgIpc) is 2.96. The summed E-state index contributed by atoms with van der Waals surface area (Å²) in [5, 5.41) is 3.00. The molecule has 0 heterocycles. The van der Waals surface area contributed by atoms with Gasteiger partial charge in [-0.3, -0.25) is 4.79 Å². The van der Waals surface area contributed by atoms with Gasteiger partial charge in [-0.05, 0) is 31.9 Å². The van der Waals surface area contributed by atoms with Gasteiger partial charge in [0.05, 0.1) is 12.7 Å². The van der Waals surface area contributed by atoms with Gasteiger partial charge in [-0.15, -0.1) is 0 Å². The van der Waals surface area contributed by atoms with Gasteiger partial charge < -0.3 is 10.1 Å². The number of amides is 1. The molecule has 2 rings (SSSR count). The molecule has 15 heavy (non-hydrogen) atoms. The SMILES string of the molecule is COc1ccccc1C(=O)NC1(C)CC1. The van der Waals surface area contributed by atoms with Crippen molar-refractivity contribution < 1.29 is 9.53 Å². The molecule has 3 nitrogen and oxygen atoms in total. The molecule has 0 bridgehead atoms. The van der Waals surface area contributed by atoms with Gasteiger partial charge in [0.15, 0.2) is 0 Å². The Hall–Kier alpha value is -1.51. The largest absolute Gasteiger partial charge is 0.496 e. The Morgan fingerprint density at radius 1 is 1.40 bits per heavy atom. The molecule has 1 aromatic carbocycles. The summed E-state index contributed by atoms with van der Waals surface area (Å²) in [5.74, 6) is 0.576. The summed E-state index contributed by atoms with van der Waals surface area (Å²) >= 11 is 0. The first-order valence-electron chi connectivity index (χ1n) is 5.10. The van der Waals surface area contributed by atoms with Gasteiger partial charge in [-0.1, -0.05) is 12.1 Å². The molecule has 0 aromatic heterocycles. The van der Waals surface area contributed by atoms with E-state index in [1.165, 1.54) is 0 Å². The van der Waals surface area contributed by atoms with Gasteiger partial charge in [0, 0.05) is 5.54 Å². The van der Waals surface area contributed by atoms with Crippen LogP contribution in [0.15, 0.2) is 24.3 Å². The third-order valence-corrected chi connectivity index (χ3v) is 2.77. The zero-order chi connectivity index (χ0) is 10.9. The molecule has 1 aliphatic carbocycles. The van der Waals surface area contributed by atoms with Gasteiger partial charge >= 0.3 is 0 Å². The monoisotopic (exact) mass is 205 g/mol. The number of benzene rings is 1. The second-order valence-electron chi connectivity index (χ2n) is 4.22. The minimum Gasteiger partial charge on any atom is -0.496 e. The molecule has 80 valence electrons. The summed E-state index contributed by atoms with van der Waals surface area (Å²) in [6.45, 7) is 2.06. The molecule has 0 radical (unpaired) electrons. The number of hydrogen-bond acceptors (Lipinski definition) is 2. The number of rotatable bonds is 3. The second-order valence-corrected chi connectivity index (χ2v) is 4.22. The van der Waals surface area contributed by atoms with Crippen molar-refractivity contribution in [2.75, 3.05) is 7.11 Å². The lowest BCUT2D eigenvalue weighted by molar-refractivity contribution is 0.0932. The van der Waals surface area contributed by atoms with Crippen molar-refractivity contribution in [2.24, 2.45) is 0 Å². The van der Waals surface area contributed by atoms with Crippen molar-refractivity contribution in [3.63, 3.8) is 0 Å². The quantitative estimate of drug-likeness (QED) is 0.819. The lowest BCUT2D eigenvalue weighted by Gasteiger charge is -2.13. The van der Waals surface area contributed by atoms with E-state index in [9.17, 15) is 4.79 Å². The van der Waals surface area contributed by atoms with Crippen LogP contribution in [0.5, 0.6) is 5.75 Å². The minimum atomic E-state index is -0.0487. The van der Waals surface area contributed by atoms with Crippen LogP contribution in [0.2, 0.25) is 0 Å². The topological polar surface area (TPSA) is 38.3 Å². The number of methoxy groups -OCH3 is 1. The summed E-state index contributed by atoms with van der Waals surface area (Å²) in [6, 6.07) is 7.27. The maximum Gasteiger partial charge on any atom is 0.255 e. The van der Waals surface area contributed by atoms with Crippen LogP contribution in [0, 0.1) is 0 Å². The summed E-state index contributed by atoms with van der Waals surface area (Å²) in [6.07, 6.45) is 2.13. The van der Waals surface area contributed by atoms with Crippen LogP contribution in [-0.2, 0) is 0 Å². The van der Waals surface area contributed by atoms with E-state index in [0.717, 1.165) is 12.8 Å². The molecule has 0 atom stereocenters. The first kappa shape index (κ1) is 10.0. The minimum absolute atomic E-state index is 0.0118. The van der Waals surface area contributed by atoms with Crippen molar-refractivity contribution in [3.8, 4) is 5.75 Å². The fourth-order valence-electron chi connectivity index (χ4n) is 1.49. The molecule has 1 saturated carbocycles. The first-order valence-corrected chi connectivity index (χ1v) is 5.10. The lowest BCUT2D eigenvalue weighted by Crippen LogP contribution is -2.34. The van der Waals surface area contributed by atoms with Gasteiger partial charge in [0.25, 0.3) is 5.91 Å². The van der Waals surface area contributed by atoms with E-state index in [4.69, 9.17) is 4.74 Å². The molecule has 1 fully saturated rings. The van der Waals surface area contributed by atoms with Crippen molar-refractivity contribution in [1.82, 2.24) is 5.32 Å². The fourth-order valence-corrected chi connectivity index (χ4v) is 1.49. The van der Waals surface area contributed by atoms with E-state index in [0.29, 0.717) is 11.3 Å². The van der Waals surface area contributed by atoms with Crippen molar-refractivity contribution in [2.45, 2.75) is 25.3 Å².